The van der Waals surface area contributed by atoms with Crippen molar-refractivity contribution < 1.29 is 14.3 Å². The van der Waals surface area contributed by atoms with E-state index in [-0.39, 0.29) is 12.3 Å². The van der Waals surface area contributed by atoms with Gasteiger partial charge >= 0.3 is 0 Å². The summed E-state index contributed by atoms with van der Waals surface area (Å²) in [6, 6.07) is 16.3. The van der Waals surface area contributed by atoms with Crippen molar-refractivity contribution in [2.75, 3.05) is 13.2 Å². The van der Waals surface area contributed by atoms with E-state index in [0.717, 1.165) is 11.3 Å². The number of nitriles is 1. The molecule has 5 nitrogen and oxygen atoms in total. The molecule has 1 amide bonds. The molecule has 0 bridgehead atoms. The monoisotopic (exact) mass is 344 g/mol. The van der Waals surface area contributed by atoms with Crippen LogP contribution in [0, 0.1) is 11.3 Å². The summed E-state index contributed by atoms with van der Waals surface area (Å²) in [5.74, 6) is 1.14. The molecular formula is C18H17ClN2O3. The standard InChI is InChI=1S/C18H17ClN2O3/c19-15-4-6-16(7-5-15)23-10-11-24-17-3-1-2-14(12-17)13-21-18(22)8-9-20/h1-7,12H,8,10-11,13H2,(H,21,22). The summed E-state index contributed by atoms with van der Waals surface area (Å²) in [5, 5.41) is 11.8. The fourth-order valence-corrected chi connectivity index (χ4v) is 2.06. The third kappa shape index (κ3) is 6.19. The number of nitrogens with zero attached hydrogens (tertiary/aromatic N) is 1. The van der Waals surface area contributed by atoms with Gasteiger partial charge in [-0.3, -0.25) is 4.79 Å². The molecule has 24 heavy (non-hydrogen) atoms. The molecular weight excluding hydrogens is 328 g/mol. The van der Waals surface area contributed by atoms with E-state index >= 15 is 0 Å². The second-order valence-corrected chi connectivity index (χ2v) is 5.35. The molecule has 0 saturated heterocycles. The van der Waals surface area contributed by atoms with Crippen molar-refractivity contribution in [3.8, 4) is 17.6 Å². The van der Waals surface area contributed by atoms with Crippen LogP contribution in [0.3, 0.4) is 0 Å². The number of carbonyl (C=O) groups is 1. The maximum atomic E-state index is 11.3. The Bertz CT molecular complexity index is 711. The Labute approximate surface area is 145 Å². The number of rotatable bonds is 8. The lowest BCUT2D eigenvalue weighted by Crippen LogP contribution is -2.21. The quantitative estimate of drug-likeness (QED) is 0.746. The maximum absolute atomic E-state index is 11.3. The van der Waals surface area contributed by atoms with Crippen LogP contribution < -0.4 is 14.8 Å². The van der Waals surface area contributed by atoms with Crippen molar-refractivity contribution >= 4 is 17.5 Å². The molecule has 0 atom stereocenters. The largest absolute Gasteiger partial charge is 0.490 e. The van der Waals surface area contributed by atoms with Crippen LogP contribution in [0.1, 0.15) is 12.0 Å². The number of nitrogens with one attached hydrogen (secondary N) is 1. The maximum Gasteiger partial charge on any atom is 0.234 e. The first-order valence-electron chi connectivity index (χ1n) is 7.41. The van der Waals surface area contributed by atoms with Gasteiger partial charge in [0, 0.05) is 11.6 Å². The first-order chi connectivity index (χ1) is 11.7. The molecule has 0 aromatic heterocycles. The molecule has 0 saturated carbocycles. The summed E-state index contributed by atoms with van der Waals surface area (Å²) in [6.45, 7) is 1.16. The van der Waals surface area contributed by atoms with Crippen LogP contribution in [0.2, 0.25) is 5.02 Å². The van der Waals surface area contributed by atoms with Crippen LogP contribution in [0.25, 0.3) is 0 Å². The number of carbonyl (C=O) groups excluding carboxylic acids is 1. The van der Waals surface area contributed by atoms with Gasteiger partial charge in [-0.2, -0.15) is 5.26 Å². The number of halogens is 1. The minimum Gasteiger partial charge on any atom is -0.490 e. The number of hydrogen-bond donors (Lipinski definition) is 1. The van der Waals surface area contributed by atoms with Gasteiger partial charge in [-0.15, -0.1) is 0 Å². The highest BCUT2D eigenvalue weighted by atomic mass is 35.5. The average molecular weight is 345 g/mol. The van der Waals surface area contributed by atoms with E-state index in [1.807, 2.05) is 30.3 Å². The Kier molecular flexibility index (Phi) is 6.93. The number of amides is 1. The lowest BCUT2D eigenvalue weighted by molar-refractivity contribution is -0.120. The highest BCUT2D eigenvalue weighted by molar-refractivity contribution is 6.30. The van der Waals surface area contributed by atoms with Crippen molar-refractivity contribution in [2.45, 2.75) is 13.0 Å². The smallest absolute Gasteiger partial charge is 0.234 e. The van der Waals surface area contributed by atoms with E-state index in [2.05, 4.69) is 5.32 Å². The van der Waals surface area contributed by atoms with E-state index < -0.39 is 0 Å². The van der Waals surface area contributed by atoms with Gasteiger partial charge in [-0.05, 0) is 42.0 Å². The average Bonchev–Trinajstić information content (AvgIpc) is 2.59. The summed E-state index contributed by atoms with van der Waals surface area (Å²) < 4.78 is 11.2. The lowest BCUT2D eigenvalue weighted by atomic mass is 10.2. The summed E-state index contributed by atoms with van der Waals surface area (Å²) in [7, 11) is 0. The van der Waals surface area contributed by atoms with E-state index in [1.54, 1.807) is 24.3 Å². The summed E-state index contributed by atoms with van der Waals surface area (Å²) in [5.41, 5.74) is 0.900. The Hall–Kier alpha value is -2.71. The van der Waals surface area contributed by atoms with Crippen LogP contribution in [0.5, 0.6) is 11.5 Å². The first-order valence-corrected chi connectivity index (χ1v) is 7.79. The lowest BCUT2D eigenvalue weighted by Gasteiger charge is -2.10. The first kappa shape index (κ1) is 17.6. The highest BCUT2D eigenvalue weighted by Crippen LogP contribution is 2.16. The van der Waals surface area contributed by atoms with Crippen LogP contribution in [0.4, 0.5) is 0 Å². The van der Waals surface area contributed by atoms with E-state index in [9.17, 15) is 4.79 Å². The Balaban J connectivity index is 1.74. The van der Waals surface area contributed by atoms with E-state index in [0.29, 0.717) is 30.5 Å². The van der Waals surface area contributed by atoms with Crippen LogP contribution in [0.15, 0.2) is 48.5 Å². The topological polar surface area (TPSA) is 71.4 Å². The number of benzene rings is 2. The van der Waals surface area contributed by atoms with Gasteiger partial charge in [0.05, 0.1) is 6.07 Å². The molecule has 0 heterocycles. The summed E-state index contributed by atoms with van der Waals surface area (Å²) in [6.07, 6.45) is -0.141. The molecule has 0 aliphatic heterocycles. The molecule has 2 aromatic carbocycles. The normalized spacial score (nSPS) is 9.83. The van der Waals surface area contributed by atoms with Crippen LogP contribution >= 0.6 is 11.6 Å². The molecule has 0 aliphatic rings. The van der Waals surface area contributed by atoms with E-state index in [4.69, 9.17) is 26.3 Å². The van der Waals surface area contributed by atoms with Gasteiger partial charge in [-0.25, -0.2) is 0 Å². The molecule has 2 rings (SSSR count). The van der Waals surface area contributed by atoms with Gasteiger partial charge in [-0.1, -0.05) is 23.7 Å². The minimum absolute atomic E-state index is 0.141. The molecule has 1 N–H and O–H groups in total. The molecule has 0 radical (unpaired) electrons. The second-order valence-electron chi connectivity index (χ2n) is 4.91. The van der Waals surface area contributed by atoms with Crippen LogP contribution in [-0.4, -0.2) is 19.1 Å². The van der Waals surface area contributed by atoms with Crippen LogP contribution in [-0.2, 0) is 11.3 Å². The Morgan fingerprint density at radius 3 is 2.50 bits per heavy atom. The molecule has 124 valence electrons. The molecule has 0 spiro atoms. The Morgan fingerprint density at radius 1 is 1.08 bits per heavy atom. The zero-order valence-corrected chi connectivity index (χ0v) is 13.8. The third-order valence-corrected chi connectivity index (χ3v) is 3.31. The fourth-order valence-electron chi connectivity index (χ4n) is 1.93. The van der Waals surface area contributed by atoms with Gasteiger partial charge in [0.2, 0.25) is 5.91 Å². The minimum atomic E-state index is -0.291. The van der Waals surface area contributed by atoms with E-state index in [1.165, 1.54) is 0 Å². The van der Waals surface area contributed by atoms with Crippen molar-refractivity contribution in [2.24, 2.45) is 0 Å². The zero-order valence-electron chi connectivity index (χ0n) is 13.0. The number of hydrogen-bond acceptors (Lipinski definition) is 4. The van der Waals surface area contributed by atoms with Gasteiger partial charge < -0.3 is 14.8 Å². The fraction of sp³-hybridized carbons (Fsp3) is 0.222. The SMILES string of the molecule is N#CCC(=O)NCc1cccc(OCCOc2ccc(Cl)cc2)c1. The van der Waals surface area contributed by atoms with Crippen molar-refractivity contribution in [3.63, 3.8) is 0 Å². The molecule has 0 unspecified atom stereocenters. The predicted molar refractivity (Wildman–Crippen MR) is 91.0 cm³/mol. The molecule has 0 aliphatic carbocycles. The Morgan fingerprint density at radius 2 is 1.79 bits per heavy atom. The van der Waals surface area contributed by atoms with Gasteiger partial charge in [0.1, 0.15) is 31.1 Å². The van der Waals surface area contributed by atoms with Crippen molar-refractivity contribution in [3.05, 3.63) is 59.1 Å². The number of ether oxygens (including phenoxy) is 2. The molecule has 0 fully saturated rings. The van der Waals surface area contributed by atoms with Gasteiger partial charge in [0.25, 0.3) is 0 Å². The molecule has 2 aromatic rings. The second kappa shape index (κ2) is 9.43. The third-order valence-electron chi connectivity index (χ3n) is 3.06. The predicted octanol–water partition coefficient (Wildman–Crippen LogP) is 3.33. The van der Waals surface area contributed by atoms with Gasteiger partial charge in [0.15, 0.2) is 0 Å². The summed E-state index contributed by atoms with van der Waals surface area (Å²) in [4.78, 5) is 11.3. The zero-order chi connectivity index (χ0) is 17.2. The highest BCUT2D eigenvalue weighted by Gasteiger charge is 2.02. The van der Waals surface area contributed by atoms with Crippen molar-refractivity contribution in [1.82, 2.24) is 5.32 Å². The summed E-state index contributed by atoms with van der Waals surface area (Å²) >= 11 is 5.81. The molecule has 6 heteroatoms. The van der Waals surface area contributed by atoms with Crippen molar-refractivity contribution in [1.29, 1.82) is 5.26 Å².